The predicted octanol–water partition coefficient (Wildman–Crippen LogP) is 5.88. The van der Waals surface area contributed by atoms with Gasteiger partial charge in [-0.2, -0.15) is 13.2 Å². The number of hydrogen-bond acceptors (Lipinski definition) is 3. The van der Waals surface area contributed by atoms with Gasteiger partial charge in [-0.05, 0) is 96.8 Å². The molecular weight excluding hydrogens is 417 g/mol. The largest absolute Gasteiger partial charge is 0.508 e. The average molecular weight is 453 g/mol. The van der Waals surface area contributed by atoms with Gasteiger partial charge in [-0.25, -0.2) is 0 Å². The first-order valence-corrected chi connectivity index (χ1v) is 11.9. The van der Waals surface area contributed by atoms with Gasteiger partial charge in [-0.1, -0.05) is 31.9 Å². The first-order valence-electron chi connectivity index (χ1n) is 11.9. The first-order chi connectivity index (χ1) is 15.0. The summed E-state index contributed by atoms with van der Waals surface area (Å²) in [6, 6.07) is 5.59. The molecule has 1 aromatic carbocycles. The molecule has 2 fully saturated rings. The van der Waals surface area contributed by atoms with E-state index in [1.807, 2.05) is 12.1 Å². The van der Waals surface area contributed by atoms with Gasteiger partial charge in [-0.3, -0.25) is 0 Å². The Bertz CT molecular complexity index is 853. The Morgan fingerprint density at radius 3 is 2.69 bits per heavy atom. The number of fused-ring (bicyclic) bond motifs is 5. The van der Waals surface area contributed by atoms with Crippen LogP contribution in [0.25, 0.3) is 0 Å². The molecule has 3 aliphatic carbocycles. The van der Waals surface area contributed by atoms with Crippen LogP contribution in [0, 0.1) is 22.7 Å². The van der Waals surface area contributed by atoms with Crippen molar-refractivity contribution in [3.63, 3.8) is 0 Å². The SMILES string of the molecule is C=CC12CCc3cc(O)ccc3[C@H]1[C@@H](CCCC[C@@H](O)C(F)(F)F)C[C@]1(C)[C@@H](O)CC[C@@H]21. The fourth-order valence-electron chi connectivity index (χ4n) is 7.60. The number of allylic oxidation sites excluding steroid dienone is 1. The number of rotatable bonds is 6. The zero-order chi connectivity index (χ0) is 23.3. The Balaban J connectivity index is 1.63. The van der Waals surface area contributed by atoms with Crippen LogP contribution >= 0.6 is 0 Å². The third-order valence-electron chi connectivity index (χ3n) is 9.04. The van der Waals surface area contributed by atoms with Crippen molar-refractivity contribution in [3.05, 3.63) is 42.0 Å². The number of halogens is 3. The van der Waals surface area contributed by atoms with Gasteiger partial charge in [0.15, 0.2) is 0 Å². The van der Waals surface area contributed by atoms with Crippen LogP contribution in [0.1, 0.15) is 75.3 Å². The van der Waals surface area contributed by atoms with Crippen LogP contribution in [0.15, 0.2) is 30.9 Å². The van der Waals surface area contributed by atoms with Gasteiger partial charge in [0, 0.05) is 0 Å². The molecular formula is C26H35F3O3. The van der Waals surface area contributed by atoms with E-state index < -0.39 is 12.3 Å². The molecule has 3 aliphatic rings. The van der Waals surface area contributed by atoms with Gasteiger partial charge in [-0.15, -0.1) is 6.58 Å². The van der Waals surface area contributed by atoms with Crippen LogP contribution < -0.4 is 0 Å². The molecule has 0 amide bonds. The number of benzene rings is 1. The Labute approximate surface area is 188 Å². The number of phenols is 1. The first kappa shape index (κ1) is 23.6. The summed E-state index contributed by atoms with van der Waals surface area (Å²) in [5.74, 6) is 0.955. The molecule has 0 bridgehead atoms. The van der Waals surface area contributed by atoms with Gasteiger partial charge in [0.2, 0.25) is 0 Å². The van der Waals surface area contributed by atoms with Gasteiger partial charge in [0.05, 0.1) is 6.10 Å². The van der Waals surface area contributed by atoms with Crippen LogP contribution in [-0.2, 0) is 6.42 Å². The fraction of sp³-hybridized carbons (Fsp3) is 0.692. The fourth-order valence-corrected chi connectivity index (χ4v) is 7.60. The van der Waals surface area contributed by atoms with E-state index in [1.54, 1.807) is 6.07 Å². The summed E-state index contributed by atoms with van der Waals surface area (Å²) >= 11 is 0. The van der Waals surface area contributed by atoms with Crippen LogP contribution in [0.4, 0.5) is 13.2 Å². The van der Waals surface area contributed by atoms with Crippen molar-refractivity contribution in [1.82, 2.24) is 0 Å². The predicted molar refractivity (Wildman–Crippen MR) is 117 cm³/mol. The third kappa shape index (κ3) is 3.77. The Kier molecular flexibility index (Phi) is 6.17. The van der Waals surface area contributed by atoms with E-state index in [9.17, 15) is 28.5 Å². The summed E-state index contributed by atoms with van der Waals surface area (Å²) in [6.45, 7) is 6.44. The molecule has 0 aromatic heterocycles. The van der Waals surface area contributed by atoms with Gasteiger partial charge < -0.3 is 15.3 Å². The maximum Gasteiger partial charge on any atom is 0.414 e. The second-order valence-electron chi connectivity index (χ2n) is 10.6. The molecule has 0 radical (unpaired) electrons. The number of aliphatic hydroxyl groups is 2. The summed E-state index contributed by atoms with van der Waals surface area (Å²) in [5.41, 5.74) is 1.98. The lowest BCUT2D eigenvalue weighted by Crippen LogP contribution is -2.54. The van der Waals surface area contributed by atoms with Gasteiger partial charge >= 0.3 is 6.18 Å². The molecule has 3 nitrogen and oxygen atoms in total. The molecule has 3 N–H and O–H groups in total. The highest BCUT2D eigenvalue weighted by Gasteiger charge is 2.63. The second-order valence-corrected chi connectivity index (χ2v) is 10.6. The maximum absolute atomic E-state index is 12.7. The minimum atomic E-state index is -4.57. The summed E-state index contributed by atoms with van der Waals surface area (Å²) in [5, 5.41) is 30.3. The number of aromatic hydroxyl groups is 1. The van der Waals surface area contributed by atoms with Crippen LogP contribution in [0.3, 0.4) is 0 Å². The average Bonchev–Trinajstić information content (AvgIpc) is 3.04. The second kappa shape index (κ2) is 8.35. The highest BCUT2D eigenvalue weighted by atomic mass is 19.4. The zero-order valence-electron chi connectivity index (χ0n) is 18.7. The van der Waals surface area contributed by atoms with E-state index in [2.05, 4.69) is 19.6 Å². The van der Waals surface area contributed by atoms with Gasteiger partial charge in [0.1, 0.15) is 11.9 Å². The molecule has 1 aromatic rings. The maximum atomic E-state index is 12.7. The molecule has 0 heterocycles. The third-order valence-corrected chi connectivity index (χ3v) is 9.04. The molecule has 178 valence electrons. The van der Waals surface area contributed by atoms with Crippen molar-refractivity contribution in [1.29, 1.82) is 0 Å². The minimum Gasteiger partial charge on any atom is -0.508 e. The molecule has 4 rings (SSSR count). The van der Waals surface area contributed by atoms with E-state index in [0.717, 1.165) is 44.1 Å². The number of aliphatic hydroxyl groups excluding tert-OH is 2. The van der Waals surface area contributed by atoms with Crippen LogP contribution in [0.5, 0.6) is 5.75 Å². The Morgan fingerprint density at radius 1 is 1.25 bits per heavy atom. The molecule has 32 heavy (non-hydrogen) atoms. The quantitative estimate of drug-likeness (QED) is 0.373. The molecule has 7 atom stereocenters. The number of phenolic OH excluding ortho intramolecular Hbond substituents is 1. The molecule has 0 aliphatic heterocycles. The molecule has 0 spiro atoms. The lowest BCUT2D eigenvalue weighted by molar-refractivity contribution is -0.205. The van der Waals surface area contributed by atoms with E-state index in [0.29, 0.717) is 18.8 Å². The van der Waals surface area contributed by atoms with Crippen molar-refractivity contribution in [2.24, 2.45) is 22.7 Å². The highest BCUT2D eigenvalue weighted by Crippen LogP contribution is 2.69. The lowest BCUT2D eigenvalue weighted by atomic mass is 9.44. The minimum absolute atomic E-state index is 0.162. The Morgan fingerprint density at radius 2 is 2.00 bits per heavy atom. The van der Waals surface area contributed by atoms with Gasteiger partial charge in [0.25, 0.3) is 0 Å². The monoisotopic (exact) mass is 452 g/mol. The zero-order valence-corrected chi connectivity index (χ0v) is 18.7. The highest BCUT2D eigenvalue weighted by molar-refractivity contribution is 5.43. The van der Waals surface area contributed by atoms with Crippen molar-refractivity contribution in [3.8, 4) is 5.75 Å². The van der Waals surface area contributed by atoms with E-state index in [4.69, 9.17) is 0 Å². The standard InChI is InChI=1S/C26H35F3O3/c1-3-25-13-12-16-14-18(30)8-9-19(16)23(25)17(6-4-5-7-22(32)26(27,28)29)15-24(2)20(25)10-11-21(24)31/h3,8-9,14,17,20-23,30-32H,1,4-7,10-13,15H2,2H3/t17-,20+,21-,22+,23+,24-,25?/m0/s1. The van der Waals surface area contributed by atoms with Crippen molar-refractivity contribution < 1.29 is 28.5 Å². The van der Waals surface area contributed by atoms with Crippen LogP contribution in [0.2, 0.25) is 0 Å². The molecule has 0 saturated heterocycles. The van der Waals surface area contributed by atoms with Crippen molar-refractivity contribution in [2.75, 3.05) is 0 Å². The summed E-state index contributed by atoms with van der Waals surface area (Å²) in [6.07, 6.45) is 0.612. The van der Waals surface area contributed by atoms with E-state index >= 15 is 0 Å². The van der Waals surface area contributed by atoms with E-state index in [1.165, 1.54) is 5.56 Å². The molecule has 1 unspecified atom stereocenters. The lowest BCUT2D eigenvalue weighted by Gasteiger charge is -2.60. The van der Waals surface area contributed by atoms with Crippen molar-refractivity contribution in [2.45, 2.75) is 89.0 Å². The van der Waals surface area contributed by atoms with E-state index in [-0.39, 0.29) is 40.9 Å². The summed E-state index contributed by atoms with van der Waals surface area (Å²) in [4.78, 5) is 0. The number of aryl methyl sites for hydroxylation is 1. The van der Waals surface area contributed by atoms with Crippen molar-refractivity contribution >= 4 is 0 Å². The Hall–Kier alpha value is -1.53. The number of alkyl halides is 3. The molecule has 6 heteroatoms. The van der Waals surface area contributed by atoms with Crippen LogP contribution in [-0.4, -0.2) is 33.7 Å². The smallest absolute Gasteiger partial charge is 0.414 e. The normalized spacial score (nSPS) is 37.3. The summed E-state index contributed by atoms with van der Waals surface area (Å²) in [7, 11) is 0. The number of unbranched alkanes of at least 4 members (excludes halogenated alkanes) is 1. The molecule has 2 saturated carbocycles. The topological polar surface area (TPSA) is 60.7 Å². The summed E-state index contributed by atoms with van der Waals surface area (Å²) < 4.78 is 38.0. The number of hydrogen-bond donors (Lipinski definition) is 3.